The number of nitrogens with zero attached hydrogens (tertiary/aromatic N) is 3. The van der Waals surface area contributed by atoms with E-state index in [0.29, 0.717) is 17.3 Å². The van der Waals surface area contributed by atoms with E-state index in [1.807, 2.05) is 6.92 Å². The average molecular weight is 368 g/mol. The number of amides is 1. The minimum atomic E-state index is -1.17. The van der Waals surface area contributed by atoms with Crippen LogP contribution in [0, 0.1) is 0 Å². The van der Waals surface area contributed by atoms with Crippen molar-refractivity contribution in [3.63, 3.8) is 0 Å². The quantitative estimate of drug-likeness (QED) is 0.663. The molecule has 1 unspecified atom stereocenters. The molecular weight excluding hydrogens is 354 g/mol. The number of thioether (sulfide) groups is 1. The maximum atomic E-state index is 12.4. The van der Waals surface area contributed by atoms with Crippen LogP contribution in [-0.4, -0.2) is 37.2 Å². The Balaban J connectivity index is 2.12. The van der Waals surface area contributed by atoms with Crippen LogP contribution < -0.4 is 11.1 Å². The highest BCUT2D eigenvalue weighted by molar-refractivity contribution is 8.00. The van der Waals surface area contributed by atoms with Gasteiger partial charge in [0, 0.05) is 5.69 Å². The summed E-state index contributed by atoms with van der Waals surface area (Å²) < 4.78 is 0. The van der Waals surface area contributed by atoms with Gasteiger partial charge >= 0.3 is 5.97 Å². The summed E-state index contributed by atoms with van der Waals surface area (Å²) in [6.45, 7) is 1.84. The Morgan fingerprint density at radius 3 is 2.79 bits per heavy atom. The lowest BCUT2D eigenvalue weighted by Gasteiger charge is -2.14. The number of halogens is 1. The molecule has 0 aliphatic rings. The number of benzene rings is 1. The van der Waals surface area contributed by atoms with E-state index < -0.39 is 11.2 Å². The van der Waals surface area contributed by atoms with E-state index in [0.717, 1.165) is 11.8 Å². The summed E-state index contributed by atoms with van der Waals surface area (Å²) in [6.07, 6.45) is 1.79. The molecule has 4 N–H and O–H groups in total. The van der Waals surface area contributed by atoms with Crippen LogP contribution in [0.4, 0.5) is 11.6 Å². The second-order valence-corrected chi connectivity index (χ2v) is 6.21. The molecule has 1 atom stereocenters. The topological polar surface area (TPSA) is 131 Å². The largest absolute Gasteiger partial charge is 0.478 e. The summed E-state index contributed by atoms with van der Waals surface area (Å²) in [7, 11) is 0. The molecule has 1 heterocycles. The minimum absolute atomic E-state index is 0.0755. The highest BCUT2D eigenvalue weighted by atomic mass is 35.5. The minimum Gasteiger partial charge on any atom is -0.478 e. The smallest absolute Gasteiger partial charge is 0.337 e. The van der Waals surface area contributed by atoms with Crippen molar-refractivity contribution < 1.29 is 14.7 Å². The van der Waals surface area contributed by atoms with Gasteiger partial charge in [-0.2, -0.15) is 4.98 Å². The highest BCUT2D eigenvalue weighted by Gasteiger charge is 2.20. The van der Waals surface area contributed by atoms with Gasteiger partial charge in [-0.25, -0.2) is 14.8 Å². The third-order valence-electron chi connectivity index (χ3n) is 2.94. The van der Waals surface area contributed by atoms with E-state index >= 15 is 0 Å². The van der Waals surface area contributed by atoms with Crippen molar-refractivity contribution in [2.24, 2.45) is 0 Å². The van der Waals surface area contributed by atoms with Gasteiger partial charge in [-0.05, 0) is 24.6 Å². The number of nitrogen functional groups attached to an aromatic ring is 1. The van der Waals surface area contributed by atoms with Gasteiger partial charge in [-0.3, -0.25) is 4.79 Å². The number of rotatable bonds is 6. The lowest BCUT2D eigenvalue weighted by atomic mass is 10.2. The number of nitrogens with one attached hydrogen (secondary N) is 1. The predicted octanol–water partition coefficient (Wildman–Crippen LogP) is 2.31. The normalized spacial score (nSPS) is 11.8. The summed E-state index contributed by atoms with van der Waals surface area (Å²) in [4.78, 5) is 35.1. The number of hydrogen-bond acceptors (Lipinski definition) is 7. The Hall–Kier alpha value is -2.39. The Kier molecular flexibility index (Phi) is 5.93. The molecule has 0 radical (unpaired) electrons. The van der Waals surface area contributed by atoms with Gasteiger partial charge in [-0.15, -0.1) is 0 Å². The third-order valence-corrected chi connectivity index (χ3v) is 4.51. The monoisotopic (exact) mass is 367 g/mol. The molecule has 1 aromatic carbocycles. The fourth-order valence-corrected chi connectivity index (χ4v) is 2.83. The summed E-state index contributed by atoms with van der Waals surface area (Å²) in [5.41, 5.74) is 5.75. The first kappa shape index (κ1) is 18.0. The zero-order chi connectivity index (χ0) is 17.7. The maximum absolute atomic E-state index is 12.4. The fraction of sp³-hybridized carbons (Fsp3) is 0.214. The number of anilines is 2. The molecule has 2 aromatic rings. The molecule has 0 aliphatic carbocycles. The van der Waals surface area contributed by atoms with Crippen LogP contribution in [0.3, 0.4) is 0 Å². The van der Waals surface area contributed by atoms with Crippen molar-refractivity contribution in [3.8, 4) is 0 Å². The summed E-state index contributed by atoms with van der Waals surface area (Å²) in [6, 6.07) is 4.26. The number of carboxylic acids is 1. The van der Waals surface area contributed by atoms with Crippen LogP contribution in [0.5, 0.6) is 0 Å². The summed E-state index contributed by atoms with van der Waals surface area (Å²) in [5.74, 6) is -1.40. The van der Waals surface area contributed by atoms with E-state index in [-0.39, 0.29) is 22.4 Å². The Labute approximate surface area is 146 Å². The average Bonchev–Trinajstić information content (AvgIpc) is 2.54. The molecule has 0 spiro atoms. The second-order valence-electron chi connectivity index (χ2n) is 4.63. The maximum Gasteiger partial charge on any atom is 0.337 e. The van der Waals surface area contributed by atoms with Crippen LogP contribution in [0.25, 0.3) is 0 Å². The molecule has 0 fully saturated rings. The first-order valence-electron chi connectivity index (χ1n) is 6.85. The number of aromatic nitrogens is 3. The second kappa shape index (κ2) is 7.93. The van der Waals surface area contributed by atoms with Crippen molar-refractivity contribution in [2.45, 2.75) is 23.8 Å². The lowest BCUT2D eigenvalue weighted by Crippen LogP contribution is -2.25. The molecule has 8 nitrogen and oxygen atoms in total. The van der Waals surface area contributed by atoms with Gasteiger partial charge in [-0.1, -0.05) is 30.3 Å². The fourth-order valence-electron chi connectivity index (χ4n) is 1.79. The van der Waals surface area contributed by atoms with E-state index in [4.69, 9.17) is 22.4 Å². The number of hydrogen-bond donors (Lipinski definition) is 3. The molecule has 0 aliphatic heterocycles. The van der Waals surface area contributed by atoms with E-state index in [1.54, 1.807) is 0 Å². The van der Waals surface area contributed by atoms with Gasteiger partial charge in [0.2, 0.25) is 11.9 Å². The van der Waals surface area contributed by atoms with Crippen molar-refractivity contribution in [1.82, 2.24) is 15.0 Å². The molecule has 2 rings (SSSR count). The van der Waals surface area contributed by atoms with Crippen LogP contribution in [-0.2, 0) is 4.79 Å². The van der Waals surface area contributed by atoms with Gasteiger partial charge in [0.25, 0.3) is 0 Å². The van der Waals surface area contributed by atoms with Crippen molar-refractivity contribution in [1.29, 1.82) is 0 Å². The molecule has 24 heavy (non-hydrogen) atoms. The Bertz CT molecular complexity index is 774. The Morgan fingerprint density at radius 2 is 2.17 bits per heavy atom. The van der Waals surface area contributed by atoms with E-state index in [2.05, 4.69) is 20.3 Å². The van der Waals surface area contributed by atoms with Crippen LogP contribution >= 0.6 is 23.4 Å². The molecule has 1 aromatic heterocycles. The highest BCUT2D eigenvalue weighted by Crippen LogP contribution is 2.25. The number of carbonyl (C=O) groups is 2. The third kappa shape index (κ3) is 4.56. The van der Waals surface area contributed by atoms with Gasteiger partial charge in [0.15, 0.2) is 5.16 Å². The molecule has 10 heteroatoms. The lowest BCUT2D eigenvalue weighted by molar-refractivity contribution is -0.115. The van der Waals surface area contributed by atoms with Gasteiger partial charge in [0.1, 0.15) is 6.33 Å². The molecule has 1 amide bonds. The van der Waals surface area contributed by atoms with Crippen molar-refractivity contribution in [2.75, 3.05) is 11.1 Å². The summed E-state index contributed by atoms with van der Waals surface area (Å²) >= 11 is 6.96. The molecule has 0 saturated heterocycles. The van der Waals surface area contributed by atoms with Crippen LogP contribution in [0.15, 0.2) is 29.7 Å². The first-order valence-corrected chi connectivity index (χ1v) is 8.11. The predicted molar refractivity (Wildman–Crippen MR) is 91.2 cm³/mol. The SMILES string of the molecule is CCC(Sc1ncnc(N)n1)C(=O)Nc1ccc(Cl)c(C(=O)O)c1. The van der Waals surface area contributed by atoms with E-state index in [1.165, 1.54) is 24.5 Å². The zero-order valence-electron chi connectivity index (χ0n) is 12.6. The molecule has 126 valence electrons. The number of nitrogens with two attached hydrogens (primary N) is 1. The molecular formula is C14H14ClN5O3S. The van der Waals surface area contributed by atoms with E-state index in [9.17, 15) is 9.59 Å². The van der Waals surface area contributed by atoms with Crippen molar-refractivity contribution in [3.05, 3.63) is 35.1 Å². The zero-order valence-corrected chi connectivity index (χ0v) is 14.1. The molecule has 0 bridgehead atoms. The Morgan fingerprint density at radius 1 is 1.42 bits per heavy atom. The first-order chi connectivity index (χ1) is 11.4. The van der Waals surface area contributed by atoms with Crippen molar-refractivity contribution >= 4 is 46.9 Å². The number of aromatic carboxylic acids is 1. The standard InChI is InChI=1S/C14H14ClN5O3S/c1-2-10(24-14-18-6-17-13(16)20-14)11(21)19-7-3-4-9(15)8(5-7)12(22)23/h3-6,10H,2H2,1H3,(H,19,21)(H,22,23)(H2,16,17,18,20). The number of carboxylic acid groups (broad SMARTS) is 1. The van der Waals surface area contributed by atoms with Crippen LogP contribution in [0.2, 0.25) is 5.02 Å². The van der Waals surface area contributed by atoms with Gasteiger partial charge in [0.05, 0.1) is 15.8 Å². The molecule has 0 saturated carbocycles. The summed E-state index contributed by atoms with van der Waals surface area (Å²) in [5, 5.41) is 11.7. The number of carbonyl (C=O) groups excluding carboxylic acids is 1. The van der Waals surface area contributed by atoms with Gasteiger partial charge < -0.3 is 16.2 Å². The van der Waals surface area contributed by atoms with Crippen LogP contribution in [0.1, 0.15) is 23.7 Å².